The number of aryl methyl sites for hydroxylation is 1. The molecule has 0 aliphatic carbocycles. The molecule has 3 aromatic rings. The van der Waals surface area contributed by atoms with Gasteiger partial charge in [0.15, 0.2) is 6.10 Å². The summed E-state index contributed by atoms with van der Waals surface area (Å²) >= 11 is 11.7. The number of aliphatic hydroxyl groups is 1. The fraction of sp³-hybridized carbons (Fsp3) is 0.217. The molecule has 0 unspecified atom stereocenters. The molecule has 2 N–H and O–H groups in total. The summed E-state index contributed by atoms with van der Waals surface area (Å²) in [6.07, 6.45) is 2.30. The number of hydrogen-bond donors (Lipinski definition) is 2. The Balaban J connectivity index is 1.31. The first-order chi connectivity index (χ1) is 15.3. The molecule has 0 fully saturated rings. The third-order valence-corrected chi connectivity index (χ3v) is 5.69. The van der Waals surface area contributed by atoms with E-state index in [4.69, 9.17) is 27.9 Å². The van der Waals surface area contributed by atoms with Crippen LogP contribution in [-0.2, 0) is 11.3 Å². The third-order valence-electron chi connectivity index (χ3n) is 5.15. The van der Waals surface area contributed by atoms with E-state index in [0.717, 1.165) is 0 Å². The van der Waals surface area contributed by atoms with Crippen LogP contribution in [0.3, 0.4) is 0 Å². The van der Waals surface area contributed by atoms with Gasteiger partial charge in [0.1, 0.15) is 11.6 Å². The zero-order chi connectivity index (χ0) is 22.8. The van der Waals surface area contributed by atoms with Gasteiger partial charge in [-0.3, -0.25) is 4.79 Å². The summed E-state index contributed by atoms with van der Waals surface area (Å²) in [7, 11) is 0. The summed E-state index contributed by atoms with van der Waals surface area (Å²) in [4.78, 5) is 16.9. The largest absolute Gasteiger partial charge is 0.480 e. The van der Waals surface area contributed by atoms with Crippen molar-refractivity contribution < 1.29 is 19.0 Å². The number of ether oxygens (including phenoxy) is 1. The smallest absolute Gasteiger partial charge is 0.265 e. The molecule has 1 amide bonds. The maximum atomic E-state index is 13.7. The Kier molecular flexibility index (Phi) is 6.50. The number of fused-ring (bicyclic) bond motifs is 1. The van der Waals surface area contributed by atoms with E-state index < -0.39 is 18.0 Å². The molecule has 2 heterocycles. The van der Waals surface area contributed by atoms with Crippen LogP contribution < -0.4 is 10.1 Å². The first-order valence-corrected chi connectivity index (χ1v) is 10.7. The van der Waals surface area contributed by atoms with Crippen LogP contribution in [0.1, 0.15) is 24.5 Å². The molecule has 32 heavy (non-hydrogen) atoms. The third kappa shape index (κ3) is 4.96. The van der Waals surface area contributed by atoms with E-state index in [1.54, 1.807) is 36.8 Å². The Morgan fingerprint density at radius 2 is 2.12 bits per heavy atom. The first kappa shape index (κ1) is 22.3. The topological polar surface area (TPSA) is 76.4 Å². The molecule has 0 saturated heterocycles. The summed E-state index contributed by atoms with van der Waals surface area (Å²) in [5, 5.41) is 13.6. The lowest BCUT2D eigenvalue weighted by Gasteiger charge is -2.29. The molecular formula is C23H20Cl2FN3O3. The van der Waals surface area contributed by atoms with Gasteiger partial charge in [-0.25, -0.2) is 9.37 Å². The zero-order valence-electron chi connectivity index (χ0n) is 16.9. The maximum absolute atomic E-state index is 13.7. The number of amides is 1. The Labute approximate surface area is 194 Å². The van der Waals surface area contributed by atoms with E-state index in [1.165, 1.54) is 12.1 Å². The Morgan fingerprint density at radius 3 is 2.91 bits per heavy atom. The van der Waals surface area contributed by atoms with Gasteiger partial charge in [-0.1, -0.05) is 35.8 Å². The number of carbonyl (C=O) groups excluding carboxylic acids is 1. The second-order valence-electron chi connectivity index (χ2n) is 7.51. The van der Waals surface area contributed by atoms with Crippen molar-refractivity contribution in [3.8, 4) is 17.0 Å². The summed E-state index contributed by atoms with van der Waals surface area (Å²) in [5.74, 6) is -0.448. The van der Waals surface area contributed by atoms with Crippen molar-refractivity contribution in [2.45, 2.75) is 31.6 Å². The number of nitrogens with zero attached hydrogens (tertiary/aromatic N) is 2. The summed E-state index contributed by atoms with van der Waals surface area (Å²) < 4.78 is 21.2. The number of aliphatic hydroxyl groups excluding tert-OH is 1. The molecule has 1 aliphatic heterocycles. The number of carbonyl (C=O) groups is 1. The normalized spacial score (nSPS) is 17.4. The lowest BCUT2D eigenvalue weighted by Crippen LogP contribution is -2.41. The van der Waals surface area contributed by atoms with Gasteiger partial charge in [0.25, 0.3) is 5.91 Å². The highest BCUT2D eigenvalue weighted by Crippen LogP contribution is 2.36. The van der Waals surface area contributed by atoms with Crippen LogP contribution in [0.4, 0.5) is 4.39 Å². The molecular weight excluding hydrogens is 456 g/mol. The van der Waals surface area contributed by atoms with Gasteiger partial charge >= 0.3 is 0 Å². The molecule has 9 heteroatoms. The Morgan fingerprint density at radius 1 is 1.31 bits per heavy atom. The van der Waals surface area contributed by atoms with Gasteiger partial charge in [0.05, 0.1) is 23.1 Å². The molecule has 166 valence electrons. The van der Waals surface area contributed by atoms with Crippen molar-refractivity contribution in [2.75, 3.05) is 0 Å². The van der Waals surface area contributed by atoms with E-state index in [1.807, 2.05) is 4.57 Å². The highest BCUT2D eigenvalue weighted by Gasteiger charge is 2.32. The number of nitrogens with one attached hydrogen (secondary N) is 1. The lowest BCUT2D eigenvalue weighted by molar-refractivity contribution is -0.129. The van der Waals surface area contributed by atoms with Crippen molar-refractivity contribution in [2.24, 2.45) is 0 Å². The van der Waals surface area contributed by atoms with E-state index in [9.17, 15) is 14.3 Å². The molecule has 0 radical (unpaired) electrons. The minimum atomic E-state index is -0.844. The molecule has 0 spiro atoms. The molecule has 1 aliphatic rings. The second-order valence-corrected chi connectivity index (χ2v) is 8.35. The lowest BCUT2D eigenvalue weighted by atomic mass is 9.98. The second kappa shape index (κ2) is 9.32. The Hall–Kier alpha value is -2.87. The summed E-state index contributed by atoms with van der Waals surface area (Å²) in [6, 6.07) is 9.43. The number of imidazole rings is 1. The number of benzene rings is 2. The van der Waals surface area contributed by atoms with Gasteiger partial charge in [0.2, 0.25) is 0 Å². The highest BCUT2D eigenvalue weighted by atomic mass is 35.5. The number of halogens is 3. The minimum Gasteiger partial charge on any atom is -0.480 e. The van der Waals surface area contributed by atoms with Crippen LogP contribution >= 0.6 is 23.2 Å². The van der Waals surface area contributed by atoms with Crippen molar-refractivity contribution >= 4 is 29.1 Å². The van der Waals surface area contributed by atoms with Gasteiger partial charge in [0, 0.05) is 47.4 Å². The zero-order valence-corrected chi connectivity index (χ0v) is 18.4. The standard InChI is InChI=1S/C23H20Cl2FN3O3/c1-13(6-7-29-11-19(27-12-29)14-2-4-17(25)18(26)8-14)28-23(31)22-10-20(30)16-9-15(24)3-5-21(16)32-22/h2-5,8-9,11-12,20,22,30H,1,6-7,10H2,(H,28,31)/t20-,22-/m1/s1. The SMILES string of the molecule is C=C(CCn1cnc(-c2ccc(Cl)c(F)c2)c1)NC(=O)[C@H]1C[C@@H](O)c2cc(Cl)ccc2O1. The fourth-order valence-corrected chi connectivity index (χ4v) is 3.75. The van der Waals surface area contributed by atoms with E-state index in [-0.39, 0.29) is 17.4 Å². The van der Waals surface area contributed by atoms with Gasteiger partial charge in [-0.15, -0.1) is 0 Å². The Bertz CT molecular complexity index is 1180. The monoisotopic (exact) mass is 475 g/mol. The van der Waals surface area contributed by atoms with Crippen LogP contribution in [-0.4, -0.2) is 26.7 Å². The van der Waals surface area contributed by atoms with Crippen LogP contribution in [0.15, 0.2) is 61.2 Å². The minimum absolute atomic E-state index is 0.0574. The van der Waals surface area contributed by atoms with Crippen LogP contribution in [0.25, 0.3) is 11.3 Å². The molecule has 6 nitrogen and oxygen atoms in total. The molecule has 0 bridgehead atoms. The fourth-order valence-electron chi connectivity index (χ4n) is 3.45. The van der Waals surface area contributed by atoms with Crippen LogP contribution in [0.5, 0.6) is 5.75 Å². The van der Waals surface area contributed by atoms with Gasteiger partial charge in [-0.05, 0) is 30.3 Å². The predicted octanol–water partition coefficient (Wildman–Crippen LogP) is 4.90. The molecule has 0 saturated carbocycles. The van der Waals surface area contributed by atoms with E-state index in [2.05, 4.69) is 16.9 Å². The number of allylic oxidation sites excluding steroid dienone is 1. The average molecular weight is 476 g/mol. The summed E-state index contributed by atoms with van der Waals surface area (Å²) in [6.45, 7) is 4.41. The number of rotatable bonds is 6. The number of hydrogen-bond acceptors (Lipinski definition) is 4. The predicted molar refractivity (Wildman–Crippen MR) is 120 cm³/mol. The van der Waals surface area contributed by atoms with Gasteiger partial charge in [-0.2, -0.15) is 0 Å². The van der Waals surface area contributed by atoms with Crippen molar-refractivity contribution in [3.05, 3.63) is 82.6 Å². The molecule has 2 atom stereocenters. The van der Waals surface area contributed by atoms with Crippen molar-refractivity contribution in [1.29, 1.82) is 0 Å². The summed E-state index contributed by atoms with van der Waals surface area (Å²) in [5.41, 5.74) is 2.30. The van der Waals surface area contributed by atoms with Crippen molar-refractivity contribution in [1.82, 2.24) is 14.9 Å². The molecule has 1 aromatic heterocycles. The van der Waals surface area contributed by atoms with Crippen LogP contribution in [0.2, 0.25) is 10.0 Å². The van der Waals surface area contributed by atoms with Crippen LogP contribution in [0, 0.1) is 5.82 Å². The molecule has 2 aromatic carbocycles. The first-order valence-electron chi connectivity index (χ1n) is 9.90. The van der Waals surface area contributed by atoms with E-state index >= 15 is 0 Å². The van der Waals surface area contributed by atoms with Crippen molar-refractivity contribution in [3.63, 3.8) is 0 Å². The quantitative estimate of drug-likeness (QED) is 0.531. The van der Waals surface area contributed by atoms with Gasteiger partial charge < -0.3 is 19.7 Å². The highest BCUT2D eigenvalue weighted by molar-refractivity contribution is 6.31. The molecule has 4 rings (SSSR count). The maximum Gasteiger partial charge on any atom is 0.265 e. The van der Waals surface area contributed by atoms with E-state index in [0.29, 0.717) is 46.3 Å². The average Bonchev–Trinajstić information content (AvgIpc) is 3.23. The number of aromatic nitrogens is 2.